The van der Waals surface area contributed by atoms with E-state index in [0.717, 1.165) is 55.9 Å². The third kappa shape index (κ3) is 18.3. The number of nitrogen functional groups attached to an aromatic ring is 1. The molecule has 0 atom stereocenters. The number of para-hydroxylation sites is 2. The predicted molar refractivity (Wildman–Crippen MR) is 234 cm³/mol. The molecule has 2 aromatic heterocycles. The van der Waals surface area contributed by atoms with Crippen LogP contribution in [-0.4, -0.2) is 59.7 Å². The Hall–Kier alpha value is -3.25. The van der Waals surface area contributed by atoms with Crippen LogP contribution in [0.25, 0.3) is 0 Å². The van der Waals surface area contributed by atoms with E-state index in [1.54, 1.807) is 12.1 Å². The summed E-state index contributed by atoms with van der Waals surface area (Å²) in [6.07, 6.45) is -4.14. The summed E-state index contributed by atoms with van der Waals surface area (Å²) in [7, 11) is 0. The van der Waals surface area contributed by atoms with Crippen LogP contribution < -0.4 is 30.0 Å². The molecule has 4 N–H and O–H groups in total. The van der Waals surface area contributed by atoms with Gasteiger partial charge in [-0.15, -0.1) is 22.7 Å². The molecule has 4 aromatic rings. The summed E-state index contributed by atoms with van der Waals surface area (Å²) in [6, 6.07) is 11.1. The van der Waals surface area contributed by atoms with Crippen molar-refractivity contribution in [2.45, 2.75) is 95.5 Å². The third-order valence-electron chi connectivity index (χ3n) is 6.81. The van der Waals surface area contributed by atoms with Crippen LogP contribution in [0.15, 0.2) is 47.2 Å². The number of nitrogens with zero attached hydrogens (tertiary/aromatic N) is 2. The lowest BCUT2D eigenvalue weighted by Crippen LogP contribution is -2.25. The third-order valence-corrected chi connectivity index (χ3v) is 9.34. The molecule has 2 aromatic carbocycles. The van der Waals surface area contributed by atoms with Gasteiger partial charge in [-0.05, 0) is 50.7 Å². The van der Waals surface area contributed by atoms with Gasteiger partial charge in [-0.25, -0.2) is 23.5 Å². The lowest BCUT2D eigenvalue weighted by atomic mass is 10.0. The number of carbonyl (C=O) groups is 2. The summed E-state index contributed by atoms with van der Waals surface area (Å²) < 4.78 is 84.4. The molecule has 4 heterocycles. The molecule has 0 aliphatic carbocycles. The van der Waals surface area contributed by atoms with Gasteiger partial charge < -0.3 is 29.8 Å². The van der Waals surface area contributed by atoms with Gasteiger partial charge in [-0.2, -0.15) is 13.2 Å². The molecule has 0 fully saturated rings. The number of anilines is 2. The van der Waals surface area contributed by atoms with Gasteiger partial charge in [0.1, 0.15) is 16.9 Å². The Morgan fingerprint density at radius 1 is 0.931 bits per heavy atom. The number of carboxylic acids is 1. The first-order valence-corrected chi connectivity index (χ1v) is 22.1. The average molecular weight is 1080 g/mol. The van der Waals surface area contributed by atoms with Gasteiger partial charge in [-0.1, -0.05) is 90.2 Å². The molecule has 2 aliphatic rings. The van der Waals surface area contributed by atoms with Crippen molar-refractivity contribution in [3.63, 3.8) is 0 Å². The number of rotatable bonds is 9. The number of thiazole rings is 2. The molecular formula is C38H47F5I2N4O7S2. The Balaban J connectivity index is 0.000000293. The molecule has 322 valence electrons. The van der Waals surface area contributed by atoms with Crippen LogP contribution in [0.3, 0.4) is 0 Å². The van der Waals surface area contributed by atoms with E-state index in [1.807, 2.05) is 52.0 Å². The van der Waals surface area contributed by atoms with Crippen molar-refractivity contribution < 1.29 is 55.6 Å². The lowest BCUT2D eigenvalue weighted by molar-refractivity contribution is -0.141. The molecular weight excluding hydrogens is 1040 g/mol. The maximum absolute atomic E-state index is 12.5. The molecule has 2 aliphatic heterocycles. The van der Waals surface area contributed by atoms with E-state index >= 15 is 0 Å². The van der Waals surface area contributed by atoms with Gasteiger partial charge in [0.05, 0.1) is 0 Å². The number of amides is 1. The maximum atomic E-state index is 12.5. The fourth-order valence-electron chi connectivity index (χ4n) is 4.70. The average Bonchev–Trinajstić information content (AvgIpc) is 3.90. The van der Waals surface area contributed by atoms with Gasteiger partial charge in [0, 0.05) is 38.7 Å². The Kier molecular flexibility index (Phi) is 20.6. The van der Waals surface area contributed by atoms with E-state index in [1.165, 1.54) is 16.2 Å². The summed E-state index contributed by atoms with van der Waals surface area (Å²) in [5.74, 6) is 0.847. The van der Waals surface area contributed by atoms with Crippen molar-refractivity contribution in [3.05, 3.63) is 69.7 Å². The van der Waals surface area contributed by atoms with Crippen LogP contribution in [0.4, 0.5) is 32.2 Å². The number of nitrogens with one attached hydrogen (secondary N) is 1. The molecule has 0 saturated heterocycles. The molecule has 6 rings (SSSR count). The SMILES string of the molecule is CC(C)I.CC1(C)Cc2cccc(OCC(=O)Nc3nc(C(F)F)cs3)c2O1.CC1(C)Cc2cccc(OCC(=O)O)c2O1.CCCI.Nc1nc(C(F)(F)F)cs1. The van der Waals surface area contributed by atoms with Crippen molar-refractivity contribution in [1.82, 2.24) is 9.97 Å². The van der Waals surface area contributed by atoms with E-state index in [0.29, 0.717) is 23.0 Å². The van der Waals surface area contributed by atoms with E-state index in [-0.39, 0.29) is 40.4 Å². The van der Waals surface area contributed by atoms with Crippen LogP contribution in [0.2, 0.25) is 0 Å². The number of hydrogen-bond acceptors (Lipinski definition) is 11. The van der Waals surface area contributed by atoms with Gasteiger partial charge in [-0.3, -0.25) is 10.1 Å². The minimum absolute atomic E-state index is 0.0627. The van der Waals surface area contributed by atoms with Gasteiger partial charge >= 0.3 is 12.1 Å². The molecule has 1 amide bonds. The Labute approximate surface area is 369 Å². The van der Waals surface area contributed by atoms with Gasteiger partial charge in [0.2, 0.25) is 0 Å². The highest BCUT2D eigenvalue weighted by Crippen LogP contribution is 2.43. The number of aliphatic carboxylic acids is 1. The number of hydrogen-bond donors (Lipinski definition) is 3. The van der Waals surface area contributed by atoms with Crippen LogP contribution in [0, 0.1) is 0 Å². The van der Waals surface area contributed by atoms with Crippen LogP contribution in [0.1, 0.15) is 83.8 Å². The number of aromatic nitrogens is 2. The summed E-state index contributed by atoms with van der Waals surface area (Å²) in [4.78, 5) is 29.0. The lowest BCUT2D eigenvalue weighted by Gasteiger charge is -2.18. The molecule has 0 radical (unpaired) electrons. The Bertz CT molecular complexity index is 1910. The summed E-state index contributed by atoms with van der Waals surface area (Å²) >= 11 is 6.42. The van der Waals surface area contributed by atoms with Crippen LogP contribution in [-0.2, 0) is 28.6 Å². The highest BCUT2D eigenvalue weighted by molar-refractivity contribution is 14.1. The first kappa shape index (κ1) is 50.9. The van der Waals surface area contributed by atoms with Gasteiger partial charge in [0.25, 0.3) is 12.3 Å². The standard InChI is InChI=1S/C16H16F2N2O3S.C12H14O4.C4H3F3N2S.2C3H7I/c1-16(2)6-9-4-3-5-11(13(9)23-16)22-7-12(21)20-15-19-10(8-24-15)14(17)18;1-12(2)6-8-4-3-5-9(11(8)16-12)15-7-10(13)14;5-4(6,7)2-1-10-3(8)9-2;1-3(2)4;1-2-3-4/h3-5,8,14H,6-7H2,1-2H3,(H,19,20,21);3-5H,6-7H2,1-2H3,(H,13,14);1H,(H2,8,9);3H,1-2H3;2-3H2,1H3. The van der Waals surface area contributed by atoms with Crippen molar-refractivity contribution >= 4 is 90.0 Å². The van der Waals surface area contributed by atoms with E-state index in [2.05, 4.69) is 81.2 Å². The number of fused-ring (bicyclic) bond motifs is 2. The fraction of sp³-hybridized carbons (Fsp3) is 0.474. The second kappa shape index (κ2) is 23.5. The first-order valence-electron chi connectivity index (χ1n) is 17.6. The minimum Gasteiger partial charge on any atom is -0.483 e. The molecule has 0 unspecified atom stereocenters. The van der Waals surface area contributed by atoms with Crippen LogP contribution in [0.5, 0.6) is 23.0 Å². The molecule has 11 nitrogen and oxygen atoms in total. The monoisotopic (exact) mass is 1080 g/mol. The van der Waals surface area contributed by atoms with E-state index in [4.69, 9.17) is 29.8 Å². The quantitative estimate of drug-likeness (QED) is 0.0838. The number of halogens is 7. The molecule has 0 bridgehead atoms. The van der Waals surface area contributed by atoms with Gasteiger partial charge in [0.15, 0.2) is 52.2 Å². The normalized spacial score (nSPS) is 13.9. The molecule has 0 spiro atoms. The highest BCUT2D eigenvalue weighted by Gasteiger charge is 2.34. The zero-order valence-electron chi connectivity index (χ0n) is 32.8. The number of carbonyl (C=O) groups excluding carboxylic acids is 1. The van der Waals surface area contributed by atoms with E-state index in [9.17, 15) is 31.5 Å². The highest BCUT2D eigenvalue weighted by atomic mass is 127. The minimum atomic E-state index is -4.37. The van der Waals surface area contributed by atoms with E-state index < -0.39 is 30.2 Å². The topological polar surface area (TPSA) is 155 Å². The largest absolute Gasteiger partial charge is 0.483 e. The number of alkyl halides is 7. The zero-order chi connectivity index (χ0) is 43.8. The molecule has 58 heavy (non-hydrogen) atoms. The van der Waals surface area contributed by atoms with Crippen LogP contribution >= 0.6 is 67.9 Å². The summed E-state index contributed by atoms with van der Waals surface area (Å²) in [6.45, 7) is 13.8. The Morgan fingerprint density at radius 2 is 1.41 bits per heavy atom. The zero-order valence-corrected chi connectivity index (χ0v) is 38.8. The summed E-state index contributed by atoms with van der Waals surface area (Å²) in [5, 5.41) is 13.2. The Morgan fingerprint density at radius 3 is 1.78 bits per heavy atom. The number of ether oxygens (including phenoxy) is 4. The smallest absolute Gasteiger partial charge is 0.434 e. The maximum Gasteiger partial charge on any atom is 0.434 e. The second-order valence-electron chi connectivity index (χ2n) is 13.7. The number of carboxylic acid groups (broad SMARTS) is 1. The van der Waals surface area contributed by atoms with Crippen molar-refractivity contribution in [2.24, 2.45) is 0 Å². The number of nitrogens with two attached hydrogens (primary N) is 1. The van der Waals surface area contributed by atoms with Crippen molar-refractivity contribution in [3.8, 4) is 23.0 Å². The summed E-state index contributed by atoms with van der Waals surface area (Å²) in [5.41, 5.74) is 5.24. The fourth-order valence-corrected chi connectivity index (χ4v) is 5.99. The predicted octanol–water partition coefficient (Wildman–Crippen LogP) is 11.1. The molecule has 20 heteroatoms. The van der Waals surface area contributed by atoms with Crippen molar-refractivity contribution in [2.75, 3.05) is 28.7 Å². The second-order valence-corrected chi connectivity index (χ2v) is 19.1. The first-order chi connectivity index (χ1) is 27.0. The van der Waals surface area contributed by atoms with Crippen molar-refractivity contribution in [1.29, 1.82) is 0 Å². The molecule has 0 saturated carbocycles. The number of benzene rings is 2.